The first kappa shape index (κ1) is 40.0. The number of ketones is 1. The van der Waals surface area contributed by atoms with E-state index in [1.807, 2.05) is 59.1 Å². The summed E-state index contributed by atoms with van der Waals surface area (Å²) in [4.78, 5) is 22.6. The molecule has 0 aliphatic rings. The first-order chi connectivity index (χ1) is 22.2. The van der Waals surface area contributed by atoms with Gasteiger partial charge in [0, 0.05) is 56.7 Å². The molecule has 48 heavy (non-hydrogen) atoms. The number of nitrogens with zero attached hydrogens (tertiary/aromatic N) is 2. The Hall–Kier alpha value is -2.48. The molecule has 0 spiro atoms. The maximum atomic E-state index is 12.2. The molecule has 5 aromatic rings. The normalized spacial score (nSPS) is 13.1. The van der Waals surface area contributed by atoms with Crippen LogP contribution < -0.4 is 0 Å². The molecular weight excluding hydrogens is 829 g/mol. The summed E-state index contributed by atoms with van der Waals surface area (Å²) in [5, 5.41) is 17.0. The van der Waals surface area contributed by atoms with Gasteiger partial charge in [0.1, 0.15) is 17.1 Å². The van der Waals surface area contributed by atoms with Gasteiger partial charge in [-0.1, -0.05) is 73.9 Å². The number of aryl methyl sites for hydroxylation is 1. The SMILES string of the molecule is CCC(C)(CC)C(=O)/C=C(\O)C(C)(CC)CC.Cc1cc2ccc3sc(/N=C\N=Cc4[c-]c5ccsc5c(C(C)(C)C)c4)cc3c2s1.[Ir]. The van der Waals surface area contributed by atoms with Crippen LogP contribution in [0.15, 0.2) is 63.6 Å². The van der Waals surface area contributed by atoms with Gasteiger partial charge in [-0.2, -0.15) is 11.3 Å². The Balaban J connectivity index is 0.000000301. The molecule has 3 aromatic heterocycles. The molecule has 259 valence electrons. The van der Waals surface area contributed by atoms with Crippen molar-refractivity contribution in [2.75, 3.05) is 0 Å². The zero-order valence-electron chi connectivity index (χ0n) is 29.9. The van der Waals surface area contributed by atoms with E-state index in [1.54, 1.807) is 29.0 Å². The topological polar surface area (TPSA) is 62.0 Å². The Labute approximate surface area is 312 Å². The number of hydrogen-bond acceptors (Lipinski definition) is 6. The summed E-state index contributed by atoms with van der Waals surface area (Å²) in [5.74, 6) is 0.286. The number of carbonyl (C=O) groups excluding carboxylic acids is 1. The fourth-order valence-corrected chi connectivity index (χ4v) is 8.42. The fraction of sp³-hybridized carbons (Fsp3) is 0.425. The molecule has 0 amide bonds. The van der Waals surface area contributed by atoms with Crippen LogP contribution in [-0.2, 0) is 30.3 Å². The number of aliphatic hydroxyl groups is 1. The van der Waals surface area contributed by atoms with Crippen molar-refractivity contribution in [1.82, 2.24) is 0 Å². The van der Waals surface area contributed by atoms with Crippen molar-refractivity contribution in [3.63, 3.8) is 0 Å². The van der Waals surface area contributed by atoms with Gasteiger partial charge in [0.05, 0.1) is 0 Å². The van der Waals surface area contributed by atoms with E-state index in [2.05, 4.69) is 85.5 Å². The van der Waals surface area contributed by atoms with Gasteiger partial charge < -0.3 is 5.11 Å². The summed E-state index contributed by atoms with van der Waals surface area (Å²) in [6.45, 7) is 21.0. The van der Waals surface area contributed by atoms with Crippen LogP contribution in [0.4, 0.5) is 5.00 Å². The number of aliphatic imine (C=N–C) groups is 2. The molecule has 5 rings (SSSR count). The summed E-state index contributed by atoms with van der Waals surface area (Å²) in [7, 11) is 0. The predicted octanol–water partition coefficient (Wildman–Crippen LogP) is 13.2. The molecule has 0 fully saturated rings. The molecule has 0 unspecified atom stereocenters. The third-order valence-corrected chi connectivity index (χ3v) is 12.7. The van der Waals surface area contributed by atoms with Crippen molar-refractivity contribution in [3.8, 4) is 0 Å². The average Bonchev–Trinajstić information content (AvgIpc) is 3.79. The molecule has 2 aromatic carbocycles. The summed E-state index contributed by atoms with van der Waals surface area (Å²) in [6, 6.07) is 16.6. The van der Waals surface area contributed by atoms with Crippen molar-refractivity contribution in [1.29, 1.82) is 0 Å². The first-order valence-corrected chi connectivity index (χ1v) is 19.1. The third kappa shape index (κ3) is 9.00. The van der Waals surface area contributed by atoms with Crippen LogP contribution in [0.3, 0.4) is 0 Å². The monoisotopic (exact) mass is 878 g/mol. The average molecular weight is 878 g/mol. The minimum absolute atomic E-state index is 0. The Kier molecular flexibility index (Phi) is 13.7. The number of allylic oxidation sites excluding steroid dienone is 2. The van der Waals surface area contributed by atoms with E-state index < -0.39 is 0 Å². The van der Waals surface area contributed by atoms with Crippen LogP contribution in [0.2, 0.25) is 0 Å². The molecule has 3 heterocycles. The Morgan fingerprint density at radius 2 is 1.56 bits per heavy atom. The van der Waals surface area contributed by atoms with Crippen molar-refractivity contribution < 1.29 is 30.0 Å². The van der Waals surface area contributed by atoms with Crippen LogP contribution in [0, 0.1) is 23.8 Å². The third-order valence-electron chi connectivity index (χ3n) is 9.66. The molecular formula is C40H49IrN2O2S3-. The Morgan fingerprint density at radius 3 is 2.19 bits per heavy atom. The van der Waals surface area contributed by atoms with E-state index in [0.29, 0.717) is 0 Å². The molecule has 0 aliphatic carbocycles. The maximum Gasteiger partial charge on any atom is 0.164 e. The number of carbonyl (C=O) groups is 1. The quantitative estimate of drug-likeness (QED) is 0.0499. The largest absolute Gasteiger partial charge is 0.512 e. The minimum Gasteiger partial charge on any atom is -0.512 e. The van der Waals surface area contributed by atoms with E-state index in [-0.39, 0.29) is 47.9 Å². The molecule has 0 bridgehead atoms. The number of benzene rings is 2. The first-order valence-electron chi connectivity index (χ1n) is 16.6. The molecule has 0 saturated heterocycles. The Bertz CT molecular complexity index is 1940. The van der Waals surface area contributed by atoms with Gasteiger partial charge in [-0.05, 0) is 77.9 Å². The van der Waals surface area contributed by atoms with Gasteiger partial charge in [-0.15, -0.1) is 51.8 Å². The zero-order valence-corrected chi connectivity index (χ0v) is 34.8. The number of hydrogen-bond donors (Lipinski definition) is 1. The summed E-state index contributed by atoms with van der Waals surface area (Å²) in [6.07, 6.45) is 8.25. The summed E-state index contributed by atoms with van der Waals surface area (Å²) >= 11 is 5.33. The minimum atomic E-state index is -0.337. The molecule has 4 nitrogen and oxygen atoms in total. The van der Waals surface area contributed by atoms with Gasteiger partial charge in [-0.25, -0.2) is 4.99 Å². The molecule has 8 heteroatoms. The number of aliphatic hydroxyl groups excluding tert-OH is 1. The molecule has 0 atom stereocenters. The molecule has 1 N–H and O–H groups in total. The van der Waals surface area contributed by atoms with Crippen LogP contribution in [0.1, 0.15) is 104 Å². The van der Waals surface area contributed by atoms with E-state index in [1.165, 1.54) is 41.4 Å². The van der Waals surface area contributed by atoms with Gasteiger partial charge in [-0.3, -0.25) is 9.79 Å². The maximum absolute atomic E-state index is 12.2. The number of rotatable bonds is 10. The van der Waals surface area contributed by atoms with Crippen molar-refractivity contribution in [2.24, 2.45) is 20.8 Å². The molecule has 1 radical (unpaired) electrons. The standard InChI is InChI=1S/C25H21N2S3.C15H28O2.Ir/c1-15-9-17-5-6-21-19(23(17)29-15)12-22(30-21)27-14-26-13-16-10-18-7-8-28-24(18)20(11-16)25(2,3)4;1-7-14(5,8-2)12(16)11-13(17)15(6,9-3)10-4;/h5-9,11-14H,1-4H3;11,16H,7-10H2,1-6H3;/q-1;;/b26-13?,27-14-;12-11-;. The second-order valence-electron chi connectivity index (χ2n) is 13.8. The van der Waals surface area contributed by atoms with E-state index >= 15 is 0 Å². The van der Waals surface area contributed by atoms with Crippen LogP contribution in [0.5, 0.6) is 0 Å². The van der Waals surface area contributed by atoms with Gasteiger partial charge >= 0.3 is 0 Å². The summed E-state index contributed by atoms with van der Waals surface area (Å²) in [5.41, 5.74) is 1.81. The zero-order chi connectivity index (χ0) is 34.6. The van der Waals surface area contributed by atoms with Crippen LogP contribution in [-0.4, -0.2) is 23.4 Å². The Morgan fingerprint density at radius 1 is 0.896 bits per heavy atom. The van der Waals surface area contributed by atoms with Gasteiger partial charge in [0.25, 0.3) is 0 Å². The molecule has 0 saturated carbocycles. The van der Waals surface area contributed by atoms with Gasteiger partial charge in [0.15, 0.2) is 5.78 Å². The second kappa shape index (κ2) is 16.5. The van der Waals surface area contributed by atoms with Crippen LogP contribution >= 0.6 is 34.0 Å². The van der Waals surface area contributed by atoms with E-state index in [4.69, 9.17) is 0 Å². The second-order valence-corrected chi connectivity index (χ2v) is 17.1. The fourth-order valence-electron chi connectivity index (χ4n) is 5.33. The van der Waals surface area contributed by atoms with Crippen LogP contribution in [0.25, 0.3) is 30.3 Å². The summed E-state index contributed by atoms with van der Waals surface area (Å²) < 4.78 is 3.93. The smallest absolute Gasteiger partial charge is 0.164 e. The predicted molar refractivity (Wildman–Crippen MR) is 210 cm³/mol. The number of fused-ring (bicyclic) bond motifs is 4. The van der Waals surface area contributed by atoms with E-state index in [9.17, 15) is 9.90 Å². The number of thiophene rings is 3. The van der Waals surface area contributed by atoms with E-state index in [0.717, 1.165) is 41.6 Å². The van der Waals surface area contributed by atoms with Crippen molar-refractivity contribution in [2.45, 2.75) is 100 Å². The van der Waals surface area contributed by atoms with Crippen molar-refractivity contribution in [3.05, 3.63) is 75.7 Å². The van der Waals surface area contributed by atoms with Gasteiger partial charge in [0.2, 0.25) is 0 Å². The molecule has 0 aliphatic heterocycles. The van der Waals surface area contributed by atoms with Crippen molar-refractivity contribution >= 4 is 87.6 Å².